The molecule has 0 bridgehead atoms. The normalized spacial score (nSPS) is 31.0. The molecule has 3 heterocycles. The van der Waals surface area contributed by atoms with Gasteiger partial charge in [0.25, 0.3) is 5.91 Å². The van der Waals surface area contributed by atoms with E-state index in [2.05, 4.69) is 59.1 Å². The van der Waals surface area contributed by atoms with Gasteiger partial charge in [0.1, 0.15) is 17.0 Å². The van der Waals surface area contributed by atoms with Crippen molar-refractivity contribution in [3.8, 4) is 11.5 Å². The smallest absolute Gasteiger partial charge is 0.250 e. The van der Waals surface area contributed by atoms with Gasteiger partial charge in [-0.2, -0.15) is 5.10 Å². The zero-order valence-corrected chi connectivity index (χ0v) is 22.6. The minimum atomic E-state index is -0.845. The molecule has 200 valence electrons. The lowest BCUT2D eigenvalue weighted by Crippen LogP contribution is -2.60. The highest BCUT2D eigenvalue weighted by Crippen LogP contribution is 2.67. The molecule has 1 aliphatic carbocycles. The van der Waals surface area contributed by atoms with E-state index in [1.54, 1.807) is 14.2 Å². The Bertz CT molecular complexity index is 1450. The van der Waals surface area contributed by atoms with Gasteiger partial charge in [0.15, 0.2) is 0 Å². The molecule has 1 amide bonds. The number of rotatable bonds is 4. The number of amides is 1. The largest absolute Gasteiger partial charge is 0.497 e. The molecule has 3 aliphatic heterocycles. The van der Waals surface area contributed by atoms with E-state index in [0.717, 1.165) is 54.3 Å². The number of nitrogens with zero attached hydrogens (tertiary/aromatic N) is 2. The van der Waals surface area contributed by atoms with Crippen molar-refractivity contribution < 1.29 is 14.3 Å². The van der Waals surface area contributed by atoms with Crippen molar-refractivity contribution in [1.82, 2.24) is 10.3 Å². The van der Waals surface area contributed by atoms with Crippen molar-refractivity contribution in [3.63, 3.8) is 0 Å². The number of para-hydroxylation sites is 1. The number of likely N-dealkylation sites (N-methyl/N-ethyl adjacent to an activating group) is 1. The molecule has 39 heavy (non-hydrogen) atoms. The molecule has 2 unspecified atom stereocenters. The summed E-state index contributed by atoms with van der Waals surface area (Å²) < 4.78 is 10.9. The second-order valence-electron chi connectivity index (χ2n) is 11.3. The summed E-state index contributed by atoms with van der Waals surface area (Å²) in [6.45, 7) is 0.757. The molecule has 3 aromatic rings. The topological polar surface area (TPSA) is 75.2 Å². The number of hydrogen-bond acceptors (Lipinski definition) is 6. The first kappa shape index (κ1) is 24.2. The van der Waals surface area contributed by atoms with Crippen LogP contribution in [-0.2, 0) is 10.3 Å². The van der Waals surface area contributed by atoms with Gasteiger partial charge in [0.2, 0.25) is 0 Å². The summed E-state index contributed by atoms with van der Waals surface area (Å²) >= 11 is 0. The fraction of sp³-hybridized carbons (Fsp3) is 0.375. The third kappa shape index (κ3) is 3.13. The third-order valence-corrected chi connectivity index (χ3v) is 9.78. The number of carbonyl (C=O) groups excluding carboxylic acids is 1. The second kappa shape index (κ2) is 8.85. The van der Waals surface area contributed by atoms with Gasteiger partial charge in [0, 0.05) is 29.6 Å². The monoisotopic (exact) mass is 522 g/mol. The molecule has 2 fully saturated rings. The highest BCUT2D eigenvalue weighted by molar-refractivity contribution is 6.12. The number of methoxy groups -OCH3 is 2. The predicted octanol–water partition coefficient (Wildman–Crippen LogP) is 5.07. The molecule has 4 aliphatic rings. The molecule has 0 aromatic heterocycles. The summed E-state index contributed by atoms with van der Waals surface area (Å²) in [6.07, 6.45) is 2.94. The van der Waals surface area contributed by atoms with Gasteiger partial charge in [-0.05, 0) is 61.3 Å². The van der Waals surface area contributed by atoms with Crippen molar-refractivity contribution in [2.75, 3.05) is 33.1 Å². The zero-order valence-electron chi connectivity index (χ0n) is 22.6. The summed E-state index contributed by atoms with van der Waals surface area (Å²) in [5, 5.41) is 8.44. The fourth-order valence-corrected chi connectivity index (χ4v) is 8.22. The number of fused-ring (bicyclic) bond motifs is 5. The molecule has 2 spiro atoms. The van der Waals surface area contributed by atoms with Crippen LogP contribution in [0, 0.1) is 11.3 Å². The lowest BCUT2D eigenvalue weighted by molar-refractivity contribution is -0.129. The standard InChI is InChI=1S/C32H34N4O3/c1-36-19-26(20-10-14-22(38-2)15-11-20)31(32(36)25-8-4-5-9-27(25)33-30(32)37)18-6-7-24-28(34-35-29(24)31)21-12-16-23(39-3)17-13-21/h4-5,8-17,24,26,28,34H,6-7,18-19H2,1-3H3,(H,33,37)/t24?,26-,28?,31+,32+/m0/s1. The Hall–Kier alpha value is -3.84. The Labute approximate surface area is 229 Å². The van der Waals surface area contributed by atoms with E-state index >= 15 is 0 Å². The van der Waals surface area contributed by atoms with Crippen LogP contribution < -0.4 is 20.2 Å². The van der Waals surface area contributed by atoms with Gasteiger partial charge in [-0.25, -0.2) is 0 Å². The van der Waals surface area contributed by atoms with Crippen LogP contribution >= 0.6 is 0 Å². The fourth-order valence-electron chi connectivity index (χ4n) is 8.22. The molecule has 7 nitrogen and oxygen atoms in total. The molecule has 7 heteroatoms. The van der Waals surface area contributed by atoms with Crippen LogP contribution in [0.25, 0.3) is 0 Å². The molecule has 7 rings (SSSR count). The molecular weight excluding hydrogens is 488 g/mol. The predicted molar refractivity (Wildman–Crippen MR) is 151 cm³/mol. The average molecular weight is 523 g/mol. The first-order valence-electron chi connectivity index (χ1n) is 13.8. The van der Waals surface area contributed by atoms with Gasteiger partial charge < -0.3 is 20.2 Å². The van der Waals surface area contributed by atoms with E-state index in [1.807, 2.05) is 36.4 Å². The van der Waals surface area contributed by atoms with E-state index in [1.165, 1.54) is 11.1 Å². The number of hydrazone groups is 1. The van der Waals surface area contributed by atoms with E-state index in [0.29, 0.717) is 0 Å². The summed E-state index contributed by atoms with van der Waals surface area (Å²) in [4.78, 5) is 16.7. The third-order valence-electron chi connectivity index (χ3n) is 9.78. The maximum Gasteiger partial charge on any atom is 0.250 e. The van der Waals surface area contributed by atoms with Gasteiger partial charge >= 0.3 is 0 Å². The number of nitrogens with one attached hydrogen (secondary N) is 2. The molecule has 0 radical (unpaired) electrons. The first-order chi connectivity index (χ1) is 19.0. The van der Waals surface area contributed by atoms with Crippen LogP contribution in [-0.4, -0.2) is 44.3 Å². The van der Waals surface area contributed by atoms with Gasteiger partial charge in [-0.3, -0.25) is 9.69 Å². The van der Waals surface area contributed by atoms with Crippen LogP contribution in [0.2, 0.25) is 0 Å². The number of hydrogen-bond donors (Lipinski definition) is 2. The minimum absolute atomic E-state index is 0.0541. The first-order valence-corrected chi connectivity index (χ1v) is 13.8. The number of likely N-dealkylation sites (tertiary alicyclic amines) is 1. The summed E-state index contributed by atoms with van der Waals surface area (Å²) in [6, 6.07) is 25.0. The molecule has 3 aromatic carbocycles. The van der Waals surface area contributed by atoms with E-state index in [9.17, 15) is 4.79 Å². The maximum atomic E-state index is 14.4. The van der Waals surface area contributed by atoms with Gasteiger partial charge in [-0.1, -0.05) is 48.9 Å². The van der Waals surface area contributed by atoms with Crippen molar-refractivity contribution in [2.24, 2.45) is 16.4 Å². The average Bonchev–Trinajstić information content (AvgIpc) is 3.62. The number of ether oxygens (including phenoxy) is 2. The molecule has 1 saturated carbocycles. The highest BCUT2D eigenvalue weighted by Gasteiger charge is 2.74. The molecular formula is C32H34N4O3. The number of anilines is 1. The minimum Gasteiger partial charge on any atom is -0.497 e. The van der Waals surface area contributed by atoms with E-state index < -0.39 is 11.0 Å². The quantitative estimate of drug-likeness (QED) is 0.501. The SMILES string of the molecule is COc1ccc(C2NN=C3C2CCC[C@@]32[C@H](c3ccc(OC)cc3)CN(C)[C@]23C(=O)Nc2ccccc23)cc1. The van der Waals surface area contributed by atoms with Crippen LogP contribution in [0.15, 0.2) is 77.9 Å². The number of carbonyl (C=O) groups is 1. The Morgan fingerprint density at radius 3 is 2.28 bits per heavy atom. The summed E-state index contributed by atoms with van der Waals surface area (Å²) in [5.74, 6) is 2.01. The zero-order chi connectivity index (χ0) is 26.8. The lowest BCUT2D eigenvalue weighted by atomic mass is 9.51. The van der Waals surface area contributed by atoms with Crippen LogP contribution in [0.1, 0.15) is 47.9 Å². The highest BCUT2D eigenvalue weighted by atomic mass is 16.5. The summed E-state index contributed by atoms with van der Waals surface area (Å²) in [5.41, 5.74) is 7.68. The number of benzene rings is 3. The lowest BCUT2D eigenvalue weighted by Gasteiger charge is -2.51. The Morgan fingerprint density at radius 1 is 0.923 bits per heavy atom. The summed E-state index contributed by atoms with van der Waals surface area (Å²) in [7, 11) is 5.49. The van der Waals surface area contributed by atoms with E-state index in [4.69, 9.17) is 14.6 Å². The molecule has 1 saturated heterocycles. The van der Waals surface area contributed by atoms with Crippen molar-refractivity contribution in [1.29, 1.82) is 0 Å². The van der Waals surface area contributed by atoms with Crippen LogP contribution in [0.3, 0.4) is 0 Å². The Kier molecular flexibility index (Phi) is 5.49. The van der Waals surface area contributed by atoms with Crippen molar-refractivity contribution >= 4 is 17.3 Å². The van der Waals surface area contributed by atoms with Crippen molar-refractivity contribution in [2.45, 2.75) is 36.8 Å². The van der Waals surface area contributed by atoms with Gasteiger partial charge in [-0.15, -0.1) is 0 Å². The maximum absolute atomic E-state index is 14.4. The Morgan fingerprint density at radius 2 is 1.59 bits per heavy atom. The second-order valence-corrected chi connectivity index (χ2v) is 11.3. The van der Waals surface area contributed by atoms with Crippen LogP contribution in [0.4, 0.5) is 5.69 Å². The van der Waals surface area contributed by atoms with E-state index in [-0.39, 0.29) is 23.8 Å². The molecule has 5 atom stereocenters. The van der Waals surface area contributed by atoms with Crippen molar-refractivity contribution in [3.05, 3.63) is 89.5 Å². The van der Waals surface area contributed by atoms with Gasteiger partial charge in [0.05, 0.1) is 31.4 Å². The Balaban J connectivity index is 1.41. The molecule has 2 N–H and O–H groups in total. The van der Waals surface area contributed by atoms with Crippen LogP contribution in [0.5, 0.6) is 11.5 Å².